The molecule has 0 saturated carbocycles. The molecule has 1 aromatic heterocycles. The van der Waals surface area contributed by atoms with Gasteiger partial charge in [0, 0.05) is 6.61 Å². The van der Waals surface area contributed by atoms with E-state index in [4.69, 9.17) is 16.6 Å². The fourth-order valence-corrected chi connectivity index (χ4v) is 1.64. The number of aliphatic hydroxyl groups is 1. The molecule has 78 valence electrons. The Balaban J connectivity index is 2.42. The molecule has 0 atom stereocenters. The van der Waals surface area contributed by atoms with Crippen molar-refractivity contribution in [1.82, 2.24) is 15.0 Å². The average molecular weight is 215 g/mol. The molecule has 0 saturated heterocycles. The first-order valence-electron chi connectivity index (χ1n) is 4.17. The number of hydrogen-bond acceptors (Lipinski definition) is 7. The van der Waals surface area contributed by atoms with E-state index in [1.165, 1.54) is 0 Å². The van der Waals surface area contributed by atoms with Gasteiger partial charge in [-0.25, -0.2) is 0 Å². The third-order valence-electron chi connectivity index (χ3n) is 1.39. The van der Waals surface area contributed by atoms with Gasteiger partial charge in [-0.2, -0.15) is 26.7 Å². The minimum atomic E-state index is 0.148. The second-order valence-corrected chi connectivity index (χ2v) is 3.70. The number of aromatic nitrogens is 3. The van der Waals surface area contributed by atoms with Crippen LogP contribution in [-0.4, -0.2) is 32.4 Å². The molecule has 0 spiro atoms. The smallest absolute Gasteiger partial charge is 0.225 e. The van der Waals surface area contributed by atoms with Gasteiger partial charge in [-0.05, 0) is 12.2 Å². The molecule has 1 heterocycles. The molecular formula is C7H13N5OS. The van der Waals surface area contributed by atoms with Crippen LogP contribution in [0.5, 0.6) is 0 Å². The lowest BCUT2D eigenvalue weighted by Gasteiger charge is -2.01. The van der Waals surface area contributed by atoms with Crippen LogP contribution in [0.4, 0.5) is 11.9 Å². The third-order valence-corrected chi connectivity index (χ3v) is 2.43. The van der Waals surface area contributed by atoms with Crippen molar-refractivity contribution < 1.29 is 5.11 Å². The molecule has 0 aliphatic carbocycles. The molecule has 0 aromatic carbocycles. The first kappa shape index (κ1) is 11.0. The van der Waals surface area contributed by atoms with Crippen LogP contribution in [-0.2, 0) is 5.75 Å². The van der Waals surface area contributed by atoms with Crippen LogP contribution in [0.15, 0.2) is 0 Å². The molecule has 0 radical (unpaired) electrons. The number of thioether (sulfide) groups is 1. The van der Waals surface area contributed by atoms with Crippen molar-refractivity contribution in [3.63, 3.8) is 0 Å². The molecule has 5 N–H and O–H groups in total. The normalized spacial score (nSPS) is 10.4. The molecule has 0 bridgehead atoms. The topological polar surface area (TPSA) is 111 Å². The quantitative estimate of drug-likeness (QED) is 0.576. The SMILES string of the molecule is Nc1nc(N)nc(CSCCCO)n1. The van der Waals surface area contributed by atoms with Gasteiger partial charge in [-0.15, -0.1) is 0 Å². The molecular weight excluding hydrogens is 202 g/mol. The maximum absolute atomic E-state index is 8.56. The van der Waals surface area contributed by atoms with Gasteiger partial charge in [-0.1, -0.05) is 0 Å². The van der Waals surface area contributed by atoms with Crippen LogP contribution in [0.25, 0.3) is 0 Å². The highest BCUT2D eigenvalue weighted by atomic mass is 32.2. The number of nitrogens with zero attached hydrogens (tertiary/aromatic N) is 3. The molecule has 0 unspecified atom stereocenters. The Kier molecular flexibility index (Phi) is 4.41. The van der Waals surface area contributed by atoms with Gasteiger partial charge in [0.15, 0.2) is 0 Å². The van der Waals surface area contributed by atoms with Crippen LogP contribution in [0.2, 0.25) is 0 Å². The molecule has 1 aromatic rings. The Morgan fingerprint density at radius 3 is 2.36 bits per heavy atom. The summed E-state index contributed by atoms with van der Waals surface area (Å²) in [5, 5.41) is 8.56. The number of nitrogen functional groups attached to an aromatic ring is 2. The standard InChI is InChI=1S/C7H13N5OS/c8-6-10-5(11-7(9)12-6)4-14-3-1-2-13/h13H,1-4H2,(H4,8,9,10,11,12). The predicted octanol–water partition coefficient (Wildman–Crippen LogP) is -0.348. The van der Waals surface area contributed by atoms with Crippen LogP contribution in [0.3, 0.4) is 0 Å². The maximum atomic E-state index is 8.56. The summed E-state index contributed by atoms with van der Waals surface area (Å²) in [6, 6.07) is 0. The summed E-state index contributed by atoms with van der Waals surface area (Å²) in [6.07, 6.45) is 0.765. The van der Waals surface area contributed by atoms with E-state index < -0.39 is 0 Å². The zero-order chi connectivity index (χ0) is 10.4. The molecule has 0 aliphatic rings. The Morgan fingerprint density at radius 2 is 1.79 bits per heavy atom. The van der Waals surface area contributed by atoms with E-state index in [-0.39, 0.29) is 18.5 Å². The second kappa shape index (κ2) is 5.61. The van der Waals surface area contributed by atoms with Crippen molar-refractivity contribution in [3.05, 3.63) is 5.82 Å². The van der Waals surface area contributed by atoms with Crippen LogP contribution in [0, 0.1) is 0 Å². The van der Waals surface area contributed by atoms with Crippen molar-refractivity contribution in [2.45, 2.75) is 12.2 Å². The summed E-state index contributed by atoms with van der Waals surface area (Å²) >= 11 is 1.62. The lowest BCUT2D eigenvalue weighted by atomic mass is 10.5. The van der Waals surface area contributed by atoms with Crippen molar-refractivity contribution in [1.29, 1.82) is 0 Å². The fourth-order valence-electron chi connectivity index (χ4n) is 0.851. The van der Waals surface area contributed by atoms with Crippen molar-refractivity contribution in [3.8, 4) is 0 Å². The number of nitrogens with two attached hydrogens (primary N) is 2. The maximum Gasteiger partial charge on any atom is 0.225 e. The summed E-state index contributed by atoms with van der Waals surface area (Å²) in [5.74, 6) is 2.38. The average Bonchev–Trinajstić information content (AvgIpc) is 2.11. The van der Waals surface area contributed by atoms with Gasteiger partial charge < -0.3 is 16.6 Å². The van der Waals surface area contributed by atoms with Crippen LogP contribution >= 0.6 is 11.8 Å². The third kappa shape index (κ3) is 3.75. The number of hydrogen-bond donors (Lipinski definition) is 3. The highest BCUT2D eigenvalue weighted by molar-refractivity contribution is 7.98. The Labute approximate surface area is 86.1 Å². The van der Waals surface area contributed by atoms with E-state index in [1.807, 2.05) is 0 Å². The number of aliphatic hydroxyl groups excluding tert-OH is 1. The molecule has 7 heteroatoms. The van der Waals surface area contributed by atoms with E-state index in [2.05, 4.69) is 15.0 Å². The molecule has 0 aliphatic heterocycles. The van der Waals surface area contributed by atoms with E-state index in [0.717, 1.165) is 12.2 Å². The Bertz CT molecular complexity index is 275. The summed E-state index contributed by atoms with van der Waals surface area (Å²) in [5.41, 5.74) is 10.8. The van der Waals surface area contributed by atoms with Crippen LogP contribution < -0.4 is 11.5 Å². The van der Waals surface area contributed by atoms with E-state index in [0.29, 0.717) is 11.6 Å². The Hall–Kier alpha value is -1.08. The van der Waals surface area contributed by atoms with Crippen molar-refractivity contribution >= 4 is 23.7 Å². The summed E-state index contributed by atoms with van der Waals surface area (Å²) in [7, 11) is 0. The zero-order valence-corrected chi connectivity index (χ0v) is 8.50. The molecule has 6 nitrogen and oxygen atoms in total. The molecule has 0 fully saturated rings. The van der Waals surface area contributed by atoms with Crippen molar-refractivity contribution in [2.75, 3.05) is 23.8 Å². The Morgan fingerprint density at radius 1 is 1.14 bits per heavy atom. The highest BCUT2D eigenvalue weighted by Crippen LogP contribution is 2.10. The number of anilines is 2. The zero-order valence-electron chi connectivity index (χ0n) is 7.68. The van der Waals surface area contributed by atoms with Gasteiger partial charge in [0.2, 0.25) is 11.9 Å². The monoisotopic (exact) mass is 215 g/mol. The van der Waals surface area contributed by atoms with E-state index in [9.17, 15) is 0 Å². The van der Waals surface area contributed by atoms with Gasteiger partial charge in [-0.3, -0.25) is 0 Å². The fraction of sp³-hybridized carbons (Fsp3) is 0.571. The highest BCUT2D eigenvalue weighted by Gasteiger charge is 2.01. The minimum Gasteiger partial charge on any atom is -0.396 e. The molecule has 14 heavy (non-hydrogen) atoms. The van der Waals surface area contributed by atoms with Gasteiger partial charge >= 0.3 is 0 Å². The lowest BCUT2D eigenvalue weighted by molar-refractivity contribution is 0.296. The van der Waals surface area contributed by atoms with E-state index >= 15 is 0 Å². The van der Waals surface area contributed by atoms with Gasteiger partial charge in [0.1, 0.15) is 5.82 Å². The largest absolute Gasteiger partial charge is 0.396 e. The number of rotatable bonds is 5. The minimum absolute atomic E-state index is 0.148. The first-order chi connectivity index (χ1) is 6.72. The summed E-state index contributed by atoms with van der Waals surface area (Å²) in [4.78, 5) is 11.5. The molecule has 1 rings (SSSR count). The first-order valence-corrected chi connectivity index (χ1v) is 5.32. The van der Waals surface area contributed by atoms with E-state index in [1.54, 1.807) is 11.8 Å². The second-order valence-electron chi connectivity index (χ2n) is 2.60. The summed E-state index contributed by atoms with van der Waals surface area (Å²) < 4.78 is 0. The van der Waals surface area contributed by atoms with Crippen molar-refractivity contribution in [2.24, 2.45) is 0 Å². The predicted molar refractivity (Wildman–Crippen MR) is 56.5 cm³/mol. The van der Waals surface area contributed by atoms with Gasteiger partial charge in [0.05, 0.1) is 5.75 Å². The van der Waals surface area contributed by atoms with Crippen LogP contribution in [0.1, 0.15) is 12.2 Å². The lowest BCUT2D eigenvalue weighted by Crippen LogP contribution is -2.06. The van der Waals surface area contributed by atoms with Gasteiger partial charge in [0.25, 0.3) is 0 Å². The molecule has 0 amide bonds. The summed E-state index contributed by atoms with van der Waals surface area (Å²) in [6.45, 7) is 0.203.